The molecule has 1 aromatic carbocycles. The Bertz CT molecular complexity index is 950. The second kappa shape index (κ2) is 7.55. The van der Waals surface area contributed by atoms with E-state index in [-0.39, 0.29) is 5.78 Å². The van der Waals surface area contributed by atoms with Crippen molar-refractivity contribution in [2.24, 2.45) is 0 Å². The molecule has 0 unspecified atom stereocenters. The molecule has 1 saturated heterocycles. The molecule has 0 bridgehead atoms. The first-order valence-electron chi connectivity index (χ1n) is 8.67. The highest BCUT2D eigenvalue weighted by atomic mass is 32.1. The Labute approximate surface area is 166 Å². The highest BCUT2D eigenvalue weighted by Crippen LogP contribution is 2.29. The number of ether oxygens (including phenoxy) is 1. The van der Waals surface area contributed by atoms with Crippen LogP contribution in [0, 0.1) is 13.8 Å². The molecular formula is C20H20N2O5S. The van der Waals surface area contributed by atoms with Gasteiger partial charge in [0.25, 0.3) is 5.91 Å². The van der Waals surface area contributed by atoms with Gasteiger partial charge in [-0.2, -0.15) is 0 Å². The van der Waals surface area contributed by atoms with Gasteiger partial charge in [0.2, 0.25) is 5.78 Å². The molecule has 28 heavy (non-hydrogen) atoms. The number of amides is 3. The molecule has 0 aliphatic carbocycles. The van der Waals surface area contributed by atoms with Crippen LogP contribution in [0.15, 0.2) is 36.4 Å². The van der Waals surface area contributed by atoms with Gasteiger partial charge in [-0.25, -0.2) is 4.79 Å². The Hall–Kier alpha value is -3.00. The van der Waals surface area contributed by atoms with Crippen LogP contribution in [-0.4, -0.2) is 41.7 Å². The average Bonchev–Trinajstić information content (AvgIpc) is 3.18. The van der Waals surface area contributed by atoms with Crippen molar-refractivity contribution in [3.05, 3.63) is 57.3 Å². The van der Waals surface area contributed by atoms with E-state index in [2.05, 4.69) is 5.32 Å². The minimum atomic E-state index is -1.25. The number of Topliss-reactive ketones (excluding diaryl/α,β-unsaturated/α-hetero) is 1. The van der Waals surface area contributed by atoms with Crippen LogP contribution in [0.2, 0.25) is 0 Å². The van der Waals surface area contributed by atoms with Gasteiger partial charge in [-0.05, 0) is 38.5 Å². The number of nitrogens with one attached hydrogen (secondary N) is 1. The number of carbonyl (C=O) groups excluding carboxylic acids is 4. The van der Waals surface area contributed by atoms with E-state index in [1.807, 2.05) is 26.0 Å². The molecule has 1 aromatic heterocycles. The number of urea groups is 1. The van der Waals surface area contributed by atoms with Gasteiger partial charge in [0.05, 0.1) is 4.88 Å². The summed E-state index contributed by atoms with van der Waals surface area (Å²) >= 11 is 1.31. The van der Waals surface area contributed by atoms with Gasteiger partial charge < -0.3 is 10.1 Å². The zero-order valence-corrected chi connectivity index (χ0v) is 16.6. The van der Waals surface area contributed by atoms with Crippen LogP contribution < -0.4 is 5.32 Å². The van der Waals surface area contributed by atoms with Gasteiger partial charge in [0.1, 0.15) is 12.1 Å². The van der Waals surface area contributed by atoms with Crippen molar-refractivity contribution < 1.29 is 23.9 Å². The van der Waals surface area contributed by atoms with Crippen molar-refractivity contribution >= 4 is 35.0 Å². The Morgan fingerprint density at radius 3 is 2.39 bits per heavy atom. The number of benzene rings is 1. The fourth-order valence-corrected chi connectivity index (χ4v) is 3.69. The maximum absolute atomic E-state index is 12.8. The van der Waals surface area contributed by atoms with Gasteiger partial charge in [0, 0.05) is 4.88 Å². The lowest BCUT2D eigenvalue weighted by molar-refractivity contribution is -0.146. The number of hydrogen-bond donors (Lipinski definition) is 1. The topological polar surface area (TPSA) is 92.8 Å². The van der Waals surface area contributed by atoms with E-state index in [1.165, 1.54) is 11.3 Å². The van der Waals surface area contributed by atoms with E-state index in [4.69, 9.17) is 4.74 Å². The molecule has 1 N–H and O–H groups in total. The third-order valence-corrected chi connectivity index (χ3v) is 5.61. The first kappa shape index (κ1) is 19.8. The van der Waals surface area contributed by atoms with Crippen LogP contribution >= 0.6 is 11.3 Å². The van der Waals surface area contributed by atoms with Crippen molar-refractivity contribution in [3.63, 3.8) is 0 Å². The number of imide groups is 1. The average molecular weight is 400 g/mol. The highest BCUT2D eigenvalue weighted by Gasteiger charge is 2.49. The summed E-state index contributed by atoms with van der Waals surface area (Å²) in [5.74, 6) is -1.69. The van der Waals surface area contributed by atoms with Crippen molar-refractivity contribution in [2.75, 3.05) is 13.2 Å². The molecule has 0 saturated carbocycles. The molecule has 2 heterocycles. The third-order valence-electron chi connectivity index (χ3n) is 4.57. The lowest BCUT2D eigenvalue weighted by Gasteiger charge is -2.22. The largest absolute Gasteiger partial charge is 0.456 e. The maximum Gasteiger partial charge on any atom is 0.326 e. The molecule has 7 nitrogen and oxygen atoms in total. The van der Waals surface area contributed by atoms with Crippen LogP contribution in [0.25, 0.3) is 0 Å². The van der Waals surface area contributed by atoms with Gasteiger partial charge >= 0.3 is 12.0 Å². The van der Waals surface area contributed by atoms with Crippen LogP contribution in [0.4, 0.5) is 4.79 Å². The number of ketones is 1. The molecule has 1 aliphatic heterocycles. The van der Waals surface area contributed by atoms with Crippen LogP contribution in [-0.2, 0) is 19.9 Å². The molecule has 8 heteroatoms. The zero-order chi connectivity index (χ0) is 20.5. The summed E-state index contributed by atoms with van der Waals surface area (Å²) in [4.78, 5) is 51.4. The molecule has 1 atom stereocenters. The predicted octanol–water partition coefficient (Wildman–Crippen LogP) is 2.56. The number of thiophene rings is 1. The molecular weight excluding hydrogens is 380 g/mol. The monoisotopic (exact) mass is 400 g/mol. The van der Waals surface area contributed by atoms with Crippen molar-refractivity contribution in [1.29, 1.82) is 0 Å². The van der Waals surface area contributed by atoms with Crippen LogP contribution in [0.3, 0.4) is 0 Å². The van der Waals surface area contributed by atoms with Crippen molar-refractivity contribution in [1.82, 2.24) is 10.2 Å². The normalized spacial score (nSPS) is 18.9. The van der Waals surface area contributed by atoms with Gasteiger partial charge in [-0.15, -0.1) is 11.3 Å². The molecule has 146 valence electrons. The first-order chi connectivity index (χ1) is 13.2. The molecule has 1 fully saturated rings. The first-order valence-corrected chi connectivity index (χ1v) is 9.49. The molecule has 0 radical (unpaired) electrons. The second-order valence-electron chi connectivity index (χ2n) is 6.81. The summed E-state index contributed by atoms with van der Waals surface area (Å²) in [6.07, 6.45) is 0. The zero-order valence-electron chi connectivity index (χ0n) is 15.8. The Kier molecular flexibility index (Phi) is 5.33. The van der Waals surface area contributed by atoms with E-state index in [9.17, 15) is 19.2 Å². The quantitative estimate of drug-likeness (QED) is 0.457. The fraction of sp³-hybridized carbons (Fsp3) is 0.300. The lowest BCUT2D eigenvalue weighted by atomic mass is 9.91. The standard InChI is InChI=1S/C20H20N2O5S/c1-12-4-7-14(8-5-12)20(3)18(25)22(19(26)21-20)10-17(24)27-11-15(23)16-9-6-13(2)28-16/h4-9H,10-11H2,1-3H3,(H,21,26)/t20-/m0/s1. The number of carbonyl (C=O) groups is 4. The summed E-state index contributed by atoms with van der Waals surface area (Å²) in [5.41, 5.74) is 0.390. The lowest BCUT2D eigenvalue weighted by Crippen LogP contribution is -2.41. The van der Waals surface area contributed by atoms with E-state index >= 15 is 0 Å². The summed E-state index contributed by atoms with van der Waals surface area (Å²) < 4.78 is 4.96. The van der Waals surface area contributed by atoms with E-state index in [0.717, 1.165) is 15.3 Å². The summed E-state index contributed by atoms with van der Waals surface area (Å²) in [5, 5.41) is 2.63. The smallest absolute Gasteiger partial charge is 0.326 e. The molecule has 2 aromatic rings. The Morgan fingerprint density at radius 2 is 1.79 bits per heavy atom. The molecule has 3 amide bonds. The third kappa shape index (κ3) is 3.82. The number of hydrogen-bond acceptors (Lipinski definition) is 6. The van der Waals surface area contributed by atoms with E-state index in [0.29, 0.717) is 10.4 Å². The summed E-state index contributed by atoms with van der Waals surface area (Å²) in [7, 11) is 0. The van der Waals surface area contributed by atoms with Crippen LogP contribution in [0.1, 0.15) is 32.6 Å². The number of nitrogens with zero attached hydrogens (tertiary/aromatic N) is 1. The summed E-state index contributed by atoms with van der Waals surface area (Å²) in [6.45, 7) is 4.39. The molecule has 1 aliphatic rings. The predicted molar refractivity (Wildman–Crippen MR) is 103 cm³/mol. The number of rotatable bonds is 6. The fourth-order valence-electron chi connectivity index (χ4n) is 2.90. The van der Waals surface area contributed by atoms with Gasteiger partial charge in [0.15, 0.2) is 6.61 Å². The Morgan fingerprint density at radius 1 is 1.11 bits per heavy atom. The van der Waals surface area contributed by atoms with E-state index in [1.54, 1.807) is 31.2 Å². The van der Waals surface area contributed by atoms with Gasteiger partial charge in [-0.3, -0.25) is 19.3 Å². The summed E-state index contributed by atoms with van der Waals surface area (Å²) in [6, 6.07) is 10.0. The number of esters is 1. The second-order valence-corrected chi connectivity index (χ2v) is 8.09. The SMILES string of the molecule is Cc1ccc([C@]2(C)NC(=O)N(CC(=O)OCC(=O)c3ccc(C)s3)C2=O)cc1. The maximum atomic E-state index is 12.8. The van der Waals surface area contributed by atoms with E-state index < -0.39 is 36.6 Å². The minimum Gasteiger partial charge on any atom is -0.456 e. The van der Waals surface area contributed by atoms with Crippen molar-refractivity contribution in [2.45, 2.75) is 26.3 Å². The van der Waals surface area contributed by atoms with Crippen LogP contribution in [0.5, 0.6) is 0 Å². The number of aryl methyl sites for hydroxylation is 2. The minimum absolute atomic E-state index is 0.326. The highest BCUT2D eigenvalue weighted by molar-refractivity contribution is 7.14. The van der Waals surface area contributed by atoms with Crippen molar-refractivity contribution in [3.8, 4) is 0 Å². The Balaban J connectivity index is 1.63. The molecule has 3 rings (SSSR count). The van der Waals surface area contributed by atoms with Gasteiger partial charge in [-0.1, -0.05) is 29.8 Å². The molecule has 0 spiro atoms.